The molecule has 0 aromatic heterocycles. The third kappa shape index (κ3) is 2.06. The van der Waals surface area contributed by atoms with Crippen LogP contribution in [-0.2, 0) is 11.2 Å². The second-order valence-corrected chi connectivity index (χ2v) is 5.48. The summed E-state index contributed by atoms with van der Waals surface area (Å²) < 4.78 is 11.3. The van der Waals surface area contributed by atoms with Gasteiger partial charge in [-0.05, 0) is 24.5 Å². The molecule has 0 bridgehead atoms. The molecular formula is C16H20O3. The third-order valence-corrected chi connectivity index (χ3v) is 4.42. The summed E-state index contributed by atoms with van der Waals surface area (Å²) >= 11 is 0. The van der Waals surface area contributed by atoms with Gasteiger partial charge < -0.3 is 9.47 Å². The monoisotopic (exact) mass is 260 g/mol. The molecule has 3 rings (SSSR count). The van der Waals surface area contributed by atoms with E-state index in [1.54, 1.807) is 7.11 Å². The van der Waals surface area contributed by atoms with Crippen LogP contribution < -0.4 is 4.74 Å². The van der Waals surface area contributed by atoms with Crippen LogP contribution in [0.1, 0.15) is 48.0 Å². The van der Waals surface area contributed by atoms with Gasteiger partial charge in [0.1, 0.15) is 11.4 Å². The molecule has 0 spiro atoms. The van der Waals surface area contributed by atoms with Crippen LogP contribution in [0.25, 0.3) is 0 Å². The van der Waals surface area contributed by atoms with Crippen LogP contribution in [0.15, 0.2) is 18.2 Å². The largest absolute Gasteiger partial charge is 0.492 e. The normalized spacial score (nSPS) is 20.7. The highest BCUT2D eigenvalue weighted by molar-refractivity contribution is 6.05. The van der Waals surface area contributed by atoms with E-state index in [0.717, 1.165) is 43.4 Å². The van der Waals surface area contributed by atoms with E-state index in [4.69, 9.17) is 9.47 Å². The maximum absolute atomic E-state index is 12.9. The molecule has 1 aromatic rings. The maximum Gasteiger partial charge on any atom is 0.198 e. The first-order chi connectivity index (χ1) is 9.27. The van der Waals surface area contributed by atoms with E-state index >= 15 is 0 Å². The Kier molecular flexibility index (Phi) is 3.31. The summed E-state index contributed by atoms with van der Waals surface area (Å²) in [7, 11) is 1.66. The fourth-order valence-corrected chi connectivity index (χ4v) is 3.29. The zero-order valence-corrected chi connectivity index (χ0v) is 11.4. The standard InChI is InChI=1S/C16H20O3/c1-18-16(9-3-2-4-10-16)15(17)13-7-5-6-12-8-11-19-14(12)13/h5-7H,2-4,8-11H2,1H3. The number of methoxy groups -OCH3 is 1. The highest BCUT2D eigenvalue weighted by Gasteiger charge is 2.41. The van der Waals surface area contributed by atoms with Crippen molar-refractivity contribution in [3.63, 3.8) is 0 Å². The van der Waals surface area contributed by atoms with Crippen LogP contribution in [0.2, 0.25) is 0 Å². The molecule has 0 radical (unpaired) electrons. The fourth-order valence-electron chi connectivity index (χ4n) is 3.29. The Hall–Kier alpha value is -1.35. The van der Waals surface area contributed by atoms with Gasteiger partial charge in [0.15, 0.2) is 5.78 Å². The molecule has 0 saturated heterocycles. The number of ether oxygens (including phenoxy) is 2. The maximum atomic E-state index is 12.9. The number of hydrogen-bond donors (Lipinski definition) is 0. The van der Waals surface area contributed by atoms with E-state index in [0.29, 0.717) is 12.2 Å². The van der Waals surface area contributed by atoms with E-state index in [1.807, 2.05) is 18.2 Å². The summed E-state index contributed by atoms with van der Waals surface area (Å²) in [6.45, 7) is 0.680. The average Bonchev–Trinajstić information content (AvgIpc) is 2.95. The predicted octanol–water partition coefficient (Wildman–Crippen LogP) is 3.15. The highest BCUT2D eigenvalue weighted by Crippen LogP contribution is 2.38. The SMILES string of the molecule is COC1(C(=O)c2cccc3c2OCC3)CCCCC1. The van der Waals surface area contributed by atoms with E-state index in [1.165, 1.54) is 6.42 Å². The van der Waals surface area contributed by atoms with Gasteiger partial charge in [-0.2, -0.15) is 0 Å². The number of fused-ring (bicyclic) bond motifs is 1. The van der Waals surface area contributed by atoms with Crippen molar-refractivity contribution in [1.29, 1.82) is 0 Å². The number of carbonyl (C=O) groups excluding carboxylic acids is 1. The minimum Gasteiger partial charge on any atom is -0.492 e. The number of Topliss-reactive ketones (excluding diaryl/α,β-unsaturated/α-hetero) is 1. The van der Waals surface area contributed by atoms with Crippen molar-refractivity contribution >= 4 is 5.78 Å². The molecule has 1 saturated carbocycles. The first kappa shape index (κ1) is 12.7. The smallest absolute Gasteiger partial charge is 0.198 e. The second kappa shape index (κ2) is 4.97. The van der Waals surface area contributed by atoms with Crippen molar-refractivity contribution in [2.45, 2.75) is 44.1 Å². The van der Waals surface area contributed by atoms with Crippen molar-refractivity contribution in [1.82, 2.24) is 0 Å². The Morgan fingerprint density at radius 1 is 1.26 bits per heavy atom. The Morgan fingerprint density at radius 2 is 2.05 bits per heavy atom. The molecule has 0 unspecified atom stereocenters. The van der Waals surface area contributed by atoms with Crippen LogP contribution in [0.5, 0.6) is 5.75 Å². The lowest BCUT2D eigenvalue weighted by atomic mass is 9.79. The van der Waals surface area contributed by atoms with Gasteiger partial charge in [0.2, 0.25) is 0 Å². The van der Waals surface area contributed by atoms with Gasteiger partial charge in [0.25, 0.3) is 0 Å². The van der Waals surface area contributed by atoms with Crippen molar-refractivity contribution in [2.24, 2.45) is 0 Å². The van der Waals surface area contributed by atoms with Crippen molar-refractivity contribution in [2.75, 3.05) is 13.7 Å². The summed E-state index contributed by atoms with van der Waals surface area (Å²) in [4.78, 5) is 12.9. The Balaban J connectivity index is 1.97. The molecule has 1 aromatic carbocycles. The molecule has 0 atom stereocenters. The Labute approximate surface area is 113 Å². The molecule has 2 aliphatic rings. The number of carbonyl (C=O) groups is 1. The second-order valence-electron chi connectivity index (χ2n) is 5.48. The Bertz CT molecular complexity index is 487. The van der Waals surface area contributed by atoms with Crippen LogP contribution in [0.3, 0.4) is 0 Å². The fraction of sp³-hybridized carbons (Fsp3) is 0.562. The Morgan fingerprint density at radius 3 is 2.79 bits per heavy atom. The lowest BCUT2D eigenvalue weighted by molar-refractivity contribution is -0.0195. The summed E-state index contributed by atoms with van der Waals surface area (Å²) in [6.07, 6.45) is 5.88. The van der Waals surface area contributed by atoms with Gasteiger partial charge in [-0.25, -0.2) is 0 Å². The molecule has 102 valence electrons. The van der Waals surface area contributed by atoms with Gasteiger partial charge in [0.05, 0.1) is 12.2 Å². The number of para-hydroxylation sites is 1. The minimum absolute atomic E-state index is 0.105. The van der Waals surface area contributed by atoms with E-state index in [9.17, 15) is 4.79 Å². The third-order valence-electron chi connectivity index (χ3n) is 4.42. The van der Waals surface area contributed by atoms with Gasteiger partial charge >= 0.3 is 0 Å². The van der Waals surface area contributed by atoms with Gasteiger partial charge in [-0.3, -0.25) is 4.79 Å². The molecular weight excluding hydrogens is 240 g/mol. The molecule has 1 aliphatic carbocycles. The van der Waals surface area contributed by atoms with Gasteiger partial charge in [-0.15, -0.1) is 0 Å². The zero-order chi connectivity index (χ0) is 13.3. The molecule has 19 heavy (non-hydrogen) atoms. The summed E-state index contributed by atoms with van der Waals surface area (Å²) in [5.74, 6) is 0.892. The average molecular weight is 260 g/mol. The van der Waals surface area contributed by atoms with Crippen LogP contribution in [-0.4, -0.2) is 25.1 Å². The molecule has 3 heteroatoms. The summed E-state index contributed by atoms with van der Waals surface area (Å²) in [5, 5.41) is 0. The van der Waals surface area contributed by atoms with Crippen LogP contribution in [0.4, 0.5) is 0 Å². The molecule has 0 amide bonds. The minimum atomic E-state index is -0.626. The van der Waals surface area contributed by atoms with Gasteiger partial charge in [0, 0.05) is 13.5 Å². The van der Waals surface area contributed by atoms with Gasteiger partial charge in [-0.1, -0.05) is 31.4 Å². The topological polar surface area (TPSA) is 35.5 Å². The van der Waals surface area contributed by atoms with E-state index in [2.05, 4.69) is 0 Å². The predicted molar refractivity (Wildman–Crippen MR) is 72.8 cm³/mol. The van der Waals surface area contributed by atoms with E-state index in [-0.39, 0.29) is 5.78 Å². The molecule has 1 aliphatic heterocycles. The van der Waals surface area contributed by atoms with Crippen molar-refractivity contribution in [3.05, 3.63) is 29.3 Å². The lowest BCUT2D eigenvalue weighted by Gasteiger charge is -2.34. The molecule has 0 N–H and O–H groups in total. The number of hydrogen-bond acceptors (Lipinski definition) is 3. The van der Waals surface area contributed by atoms with Crippen molar-refractivity contribution < 1.29 is 14.3 Å². The number of rotatable bonds is 3. The van der Waals surface area contributed by atoms with Crippen LogP contribution >= 0.6 is 0 Å². The molecule has 1 fully saturated rings. The summed E-state index contributed by atoms with van der Waals surface area (Å²) in [5.41, 5.74) is 1.23. The first-order valence-electron chi connectivity index (χ1n) is 7.11. The van der Waals surface area contributed by atoms with E-state index < -0.39 is 5.60 Å². The zero-order valence-electron chi connectivity index (χ0n) is 11.4. The summed E-state index contributed by atoms with van der Waals surface area (Å²) in [6, 6.07) is 5.87. The highest BCUT2D eigenvalue weighted by atomic mass is 16.5. The first-order valence-corrected chi connectivity index (χ1v) is 7.11. The lowest BCUT2D eigenvalue weighted by Crippen LogP contribution is -2.42. The van der Waals surface area contributed by atoms with Crippen LogP contribution in [0, 0.1) is 0 Å². The number of benzene rings is 1. The van der Waals surface area contributed by atoms with Crippen molar-refractivity contribution in [3.8, 4) is 5.75 Å². The quantitative estimate of drug-likeness (QED) is 0.783. The molecule has 1 heterocycles. The number of ketones is 1. The molecule has 3 nitrogen and oxygen atoms in total.